The molecule has 14 heavy (non-hydrogen) atoms. The van der Waals surface area contributed by atoms with Crippen LogP contribution in [0.15, 0.2) is 0 Å². The van der Waals surface area contributed by atoms with Gasteiger partial charge in [-0.1, -0.05) is 6.92 Å². The Morgan fingerprint density at radius 1 is 1.29 bits per heavy atom. The number of rotatable bonds is 6. The first-order valence-corrected chi connectivity index (χ1v) is 4.84. The number of ketones is 1. The van der Waals surface area contributed by atoms with Crippen LogP contribution >= 0.6 is 12.6 Å². The second-order valence-corrected chi connectivity index (χ2v) is 3.68. The van der Waals surface area contributed by atoms with E-state index in [2.05, 4.69) is 12.6 Å². The molecule has 0 spiro atoms. The highest BCUT2D eigenvalue weighted by Gasteiger charge is 2.31. The van der Waals surface area contributed by atoms with Crippen LogP contribution in [-0.4, -0.2) is 56.4 Å². The van der Waals surface area contributed by atoms with Crippen LogP contribution in [0.1, 0.15) is 13.3 Å². The number of thiol groups is 1. The highest BCUT2D eigenvalue weighted by atomic mass is 32.1. The summed E-state index contributed by atoms with van der Waals surface area (Å²) >= 11 is 3.93. The van der Waals surface area contributed by atoms with E-state index in [-0.39, 0.29) is 0 Å². The molecule has 4 N–H and O–H groups in total. The summed E-state index contributed by atoms with van der Waals surface area (Å²) in [6.45, 7) is 0.992. The molecule has 0 saturated carbocycles. The lowest BCUT2D eigenvalue weighted by Crippen LogP contribution is -2.45. The summed E-state index contributed by atoms with van der Waals surface area (Å²) in [4.78, 5) is 11.2. The number of aliphatic hydroxyl groups is 4. The topological polar surface area (TPSA) is 98.0 Å². The molecule has 0 saturated heterocycles. The highest BCUT2D eigenvalue weighted by Crippen LogP contribution is 2.10. The first-order chi connectivity index (χ1) is 6.45. The van der Waals surface area contributed by atoms with E-state index < -0.39 is 36.0 Å². The Bertz CT molecular complexity index is 169. The molecule has 0 aromatic carbocycles. The molecule has 0 aliphatic heterocycles. The van der Waals surface area contributed by atoms with E-state index in [9.17, 15) is 9.90 Å². The van der Waals surface area contributed by atoms with E-state index in [0.29, 0.717) is 6.42 Å². The number of hydrogen-bond donors (Lipinski definition) is 5. The van der Waals surface area contributed by atoms with Crippen molar-refractivity contribution in [2.24, 2.45) is 0 Å². The van der Waals surface area contributed by atoms with Gasteiger partial charge in [-0.15, -0.1) is 0 Å². The Balaban J connectivity index is 4.31. The Morgan fingerprint density at radius 2 is 1.79 bits per heavy atom. The monoisotopic (exact) mass is 224 g/mol. The van der Waals surface area contributed by atoms with Crippen molar-refractivity contribution >= 4 is 18.4 Å². The van der Waals surface area contributed by atoms with Crippen LogP contribution < -0.4 is 0 Å². The molecule has 0 radical (unpaired) electrons. The lowest BCUT2D eigenvalue weighted by atomic mass is 10.0. The lowest BCUT2D eigenvalue weighted by molar-refractivity contribution is -0.143. The van der Waals surface area contributed by atoms with E-state index in [1.807, 2.05) is 0 Å². The normalized spacial score (nSPS) is 19.9. The molecule has 0 aromatic heterocycles. The number of hydrogen-bond acceptors (Lipinski definition) is 6. The van der Waals surface area contributed by atoms with Crippen molar-refractivity contribution in [3.05, 3.63) is 0 Å². The molecule has 0 rings (SSSR count). The first kappa shape index (κ1) is 13.9. The van der Waals surface area contributed by atoms with Crippen molar-refractivity contribution in [3.8, 4) is 0 Å². The zero-order valence-electron chi connectivity index (χ0n) is 7.87. The van der Waals surface area contributed by atoms with Gasteiger partial charge in [-0.3, -0.25) is 4.79 Å². The average Bonchev–Trinajstić information content (AvgIpc) is 2.23. The van der Waals surface area contributed by atoms with Crippen LogP contribution in [-0.2, 0) is 4.79 Å². The molecular formula is C8H16O5S. The second-order valence-electron chi connectivity index (χ2n) is 3.02. The zero-order chi connectivity index (χ0) is 11.3. The maximum atomic E-state index is 11.2. The summed E-state index contributed by atoms with van der Waals surface area (Å²) in [6.07, 6.45) is -4.30. The van der Waals surface area contributed by atoms with Gasteiger partial charge in [0.2, 0.25) is 0 Å². The minimum absolute atomic E-state index is 0.456. The second kappa shape index (κ2) is 6.36. The predicted octanol–water partition coefficient (Wildman–Crippen LogP) is -1.66. The third kappa shape index (κ3) is 3.55. The van der Waals surface area contributed by atoms with Crippen LogP contribution in [0.4, 0.5) is 0 Å². The van der Waals surface area contributed by atoms with E-state index in [0.717, 1.165) is 0 Å². The van der Waals surface area contributed by atoms with Crippen LogP contribution in [0, 0.1) is 0 Å². The van der Waals surface area contributed by atoms with Crippen molar-refractivity contribution in [3.63, 3.8) is 0 Å². The van der Waals surface area contributed by atoms with Crippen LogP contribution in [0.25, 0.3) is 0 Å². The third-order valence-electron chi connectivity index (χ3n) is 1.92. The Kier molecular flexibility index (Phi) is 6.30. The van der Waals surface area contributed by atoms with Crippen LogP contribution in [0.3, 0.4) is 0 Å². The smallest absolute Gasteiger partial charge is 0.193 e. The quantitative estimate of drug-likeness (QED) is 0.348. The summed E-state index contributed by atoms with van der Waals surface area (Å²) in [5.74, 6) is -0.923. The van der Waals surface area contributed by atoms with Gasteiger partial charge in [-0.2, -0.15) is 12.6 Å². The molecule has 0 aromatic rings. The van der Waals surface area contributed by atoms with E-state index >= 15 is 0 Å². The summed E-state index contributed by atoms with van der Waals surface area (Å²) in [6, 6.07) is 0. The van der Waals surface area contributed by atoms with Gasteiger partial charge in [0, 0.05) is 5.25 Å². The van der Waals surface area contributed by atoms with Gasteiger partial charge in [0.25, 0.3) is 0 Å². The fourth-order valence-corrected chi connectivity index (χ4v) is 1.02. The molecule has 1 unspecified atom stereocenters. The molecule has 0 aliphatic carbocycles. The third-order valence-corrected chi connectivity index (χ3v) is 2.56. The lowest BCUT2D eigenvalue weighted by Gasteiger charge is -2.20. The highest BCUT2D eigenvalue weighted by molar-refractivity contribution is 7.81. The van der Waals surface area contributed by atoms with Crippen LogP contribution in [0.2, 0.25) is 0 Å². The van der Waals surface area contributed by atoms with Gasteiger partial charge in [0.15, 0.2) is 5.78 Å². The first-order valence-electron chi connectivity index (χ1n) is 4.32. The molecule has 6 heteroatoms. The molecule has 0 bridgehead atoms. The summed E-state index contributed by atoms with van der Waals surface area (Å²) in [5, 5.41) is 35.3. The molecule has 84 valence electrons. The average molecular weight is 224 g/mol. The van der Waals surface area contributed by atoms with Gasteiger partial charge < -0.3 is 20.4 Å². The molecular weight excluding hydrogens is 208 g/mol. The van der Waals surface area contributed by atoms with Gasteiger partial charge in [-0.25, -0.2) is 0 Å². The number of aliphatic hydroxyl groups excluding tert-OH is 4. The SMILES string of the molecule is CCC(S)[C@H](O)C(=O)[C@H](O)[C@H](O)CO. The zero-order valence-corrected chi connectivity index (χ0v) is 8.76. The molecule has 0 heterocycles. The summed E-state index contributed by atoms with van der Waals surface area (Å²) in [5.41, 5.74) is 0. The van der Waals surface area contributed by atoms with Crippen molar-refractivity contribution in [1.29, 1.82) is 0 Å². The molecule has 4 atom stereocenters. The standard InChI is InChI=1S/C8H16O5S/c1-2-5(14)7(12)8(13)6(11)4(10)3-9/h4-7,9-12,14H,2-3H2,1H3/t4-,5?,6-,7+/m1/s1. The fraction of sp³-hybridized carbons (Fsp3) is 0.875. The summed E-state index contributed by atoms with van der Waals surface area (Å²) in [7, 11) is 0. The number of Topliss-reactive ketones (excluding diaryl/α,β-unsaturated/α-hetero) is 1. The molecule has 0 aliphatic rings. The minimum Gasteiger partial charge on any atom is -0.394 e. The van der Waals surface area contributed by atoms with Gasteiger partial charge in [0.1, 0.15) is 18.3 Å². The molecule has 0 amide bonds. The largest absolute Gasteiger partial charge is 0.394 e. The van der Waals surface area contributed by atoms with Gasteiger partial charge in [-0.05, 0) is 6.42 Å². The Labute approximate surface area is 87.8 Å². The van der Waals surface area contributed by atoms with E-state index in [1.165, 1.54) is 0 Å². The number of carbonyl (C=O) groups is 1. The number of carbonyl (C=O) groups excluding carboxylic acids is 1. The fourth-order valence-electron chi connectivity index (χ4n) is 0.877. The molecule has 0 fully saturated rings. The summed E-state index contributed by atoms with van der Waals surface area (Å²) < 4.78 is 0. The van der Waals surface area contributed by atoms with Crippen molar-refractivity contribution in [2.75, 3.05) is 6.61 Å². The maximum absolute atomic E-state index is 11.2. The van der Waals surface area contributed by atoms with Crippen molar-refractivity contribution < 1.29 is 25.2 Å². The Morgan fingerprint density at radius 3 is 2.14 bits per heavy atom. The van der Waals surface area contributed by atoms with Gasteiger partial charge >= 0.3 is 0 Å². The molecule has 5 nitrogen and oxygen atoms in total. The van der Waals surface area contributed by atoms with E-state index in [1.54, 1.807) is 6.92 Å². The van der Waals surface area contributed by atoms with E-state index in [4.69, 9.17) is 15.3 Å². The van der Waals surface area contributed by atoms with Crippen LogP contribution in [0.5, 0.6) is 0 Å². The van der Waals surface area contributed by atoms with Crippen molar-refractivity contribution in [1.82, 2.24) is 0 Å². The van der Waals surface area contributed by atoms with Gasteiger partial charge in [0.05, 0.1) is 6.61 Å². The predicted molar refractivity (Wildman–Crippen MR) is 53.2 cm³/mol. The minimum atomic E-state index is -1.77. The maximum Gasteiger partial charge on any atom is 0.193 e. The Hall–Kier alpha value is -0.140. The van der Waals surface area contributed by atoms with Crippen molar-refractivity contribution in [2.45, 2.75) is 36.9 Å².